The van der Waals surface area contributed by atoms with Crippen LogP contribution in [0, 0.1) is 5.92 Å². The minimum atomic E-state index is -1.51. The van der Waals surface area contributed by atoms with Gasteiger partial charge in [0.2, 0.25) is 0 Å². The van der Waals surface area contributed by atoms with Crippen LogP contribution in [0.25, 0.3) is 6.08 Å². The van der Waals surface area contributed by atoms with Crippen molar-refractivity contribution in [3.05, 3.63) is 35.2 Å². The number of carbonyl (C=O) groups is 2. The van der Waals surface area contributed by atoms with Gasteiger partial charge in [-0.1, -0.05) is 38.7 Å². The second-order valence-corrected chi connectivity index (χ2v) is 7.55. The van der Waals surface area contributed by atoms with E-state index in [2.05, 4.69) is 11.9 Å². The summed E-state index contributed by atoms with van der Waals surface area (Å²) in [5.74, 6) is -0.545. The molecule has 0 radical (unpaired) electrons. The molecule has 0 saturated carbocycles. The summed E-state index contributed by atoms with van der Waals surface area (Å²) in [6.07, 6.45) is 12.2. The van der Waals surface area contributed by atoms with Crippen LogP contribution in [0.2, 0.25) is 0 Å². The largest absolute Gasteiger partial charge is 0.382 e. The lowest BCUT2D eigenvalue weighted by Crippen LogP contribution is -2.48. The van der Waals surface area contributed by atoms with Gasteiger partial charge in [0, 0.05) is 30.5 Å². The summed E-state index contributed by atoms with van der Waals surface area (Å²) < 4.78 is 0. The van der Waals surface area contributed by atoms with Crippen molar-refractivity contribution in [3.8, 4) is 0 Å². The third-order valence-electron chi connectivity index (χ3n) is 5.35. The lowest BCUT2D eigenvalue weighted by atomic mass is 9.71. The van der Waals surface area contributed by atoms with Crippen molar-refractivity contribution in [3.63, 3.8) is 0 Å². The Hall–Kier alpha value is -1.81. The minimum Gasteiger partial charge on any atom is -0.382 e. The van der Waals surface area contributed by atoms with Gasteiger partial charge < -0.3 is 5.11 Å². The average Bonchev–Trinajstić information content (AvgIpc) is 2.60. The fourth-order valence-corrected chi connectivity index (χ4v) is 3.65. The maximum absolute atomic E-state index is 12.7. The van der Waals surface area contributed by atoms with Crippen molar-refractivity contribution < 1.29 is 14.7 Å². The summed E-state index contributed by atoms with van der Waals surface area (Å²) in [6, 6.07) is 1.89. The minimum absolute atomic E-state index is 0.144. The molecular weight excluding hydrogens is 326 g/mol. The molecule has 4 heteroatoms. The Kier molecular flexibility index (Phi) is 7.27. The summed E-state index contributed by atoms with van der Waals surface area (Å²) in [7, 11) is 0. The van der Waals surface area contributed by atoms with Gasteiger partial charge in [-0.3, -0.25) is 14.6 Å². The predicted molar refractivity (Wildman–Crippen MR) is 104 cm³/mol. The van der Waals surface area contributed by atoms with Crippen LogP contribution in [0.1, 0.15) is 87.3 Å². The molecular formula is C22H31NO3. The maximum Gasteiger partial charge on any atom is 0.196 e. The van der Waals surface area contributed by atoms with Crippen LogP contribution < -0.4 is 0 Å². The van der Waals surface area contributed by atoms with Crippen LogP contribution in [-0.2, 0) is 11.2 Å². The van der Waals surface area contributed by atoms with Crippen molar-refractivity contribution in [2.75, 3.05) is 0 Å². The van der Waals surface area contributed by atoms with Gasteiger partial charge in [0.1, 0.15) is 11.4 Å². The van der Waals surface area contributed by atoms with E-state index in [1.165, 1.54) is 19.8 Å². The molecule has 2 rings (SSSR count). The number of unbranched alkanes of at least 4 members (excludes halogenated alkanes) is 4. The van der Waals surface area contributed by atoms with Gasteiger partial charge in [0.25, 0.3) is 0 Å². The molecule has 1 aromatic rings. The Morgan fingerprint density at radius 3 is 2.77 bits per heavy atom. The lowest BCUT2D eigenvalue weighted by molar-refractivity contribution is -0.121. The summed E-state index contributed by atoms with van der Waals surface area (Å²) >= 11 is 0. The summed E-state index contributed by atoms with van der Waals surface area (Å²) in [6.45, 7) is 5.62. The molecule has 1 N–H and O–H groups in total. The van der Waals surface area contributed by atoms with E-state index in [9.17, 15) is 14.7 Å². The second-order valence-electron chi connectivity index (χ2n) is 7.55. The fourth-order valence-electron chi connectivity index (χ4n) is 3.65. The van der Waals surface area contributed by atoms with Crippen LogP contribution in [-0.4, -0.2) is 27.3 Å². The summed E-state index contributed by atoms with van der Waals surface area (Å²) in [5.41, 5.74) is 0.646. The molecule has 0 amide bonds. The van der Waals surface area contributed by atoms with E-state index >= 15 is 0 Å². The number of rotatable bonds is 9. The van der Waals surface area contributed by atoms with Crippen molar-refractivity contribution in [2.45, 2.75) is 77.7 Å². The van der Waals surface area contributed by atoms with Gasteiger partial charge in [-0.05, 0) is 44.4 Å². The van der Waals surface area contributed by atoms with Crippen molar-refractivity contribution in [2.24, 2.45) is 5.92 Å². The van der Waals surface area contributed by atoms with Crippen molar-refractivity contribution in [1.29, 1.82) is 0 Å². The molecule has 0 aliphatic heterocycles. The Balaban J connectivity index is 2.06. The molecule has 142 valence electrons. The number of hydrogen-bond acceptors (Lipinski definition) is 4. The zero-order valence-corrected chi connectivity index (χ0v) is 16.3. The number of pyridine rings is 1. The summed E-state index contributed by atoms with van der Waals surface area (Å²) in [4.78, 5) is 29.3. The fraction of sp³-hybridized carbons (Fsp3) is 0.591. The third-order valence-corrected chi connectivity index (χ3v) is 5.35. The highest BCUT2D eigenvalue weighted by Gasteiger charge is 2.45. The smallest absolute Gasteiger partial charge is 0.196 e. The number of carbonyl (C=O) groups excluding carboxylic acids is 2. The molecule has 0 unspecified atom stereocenters. The predicted octanol–water partition coefficient (Wildman–Crippen LogP) is 4.54. The number of aromatic nitrogens is 1. The zero-order chi connectivity index (χ0) is 19.2. The van der Waals surface area contributed by atoms with Crippen LogP contribution >= 0.6 is 0 Å². The molecule has 2 atom stereocenters. The van der Waals surface area contributed by atoms with E-state index in [1.807, 2.05) is 25.1 Å². The van der Waals surface area contributed by atoms with Gasteiger partial charge in [-0.2, -0.15) is 0 Å². The Morgan fingerprint density at radius 2 is 2.08 bits per heavy atom. The SMILES string of the molecule is C/C=C/c1cc2c(cn1)C(=O)[C@@](C)(O)[C@H](CC(=O)CCCCCCC)C2. The first-order chi connectivity index (χ1) is 12.4. The molecule has 4 nitrogen and oxygen atoms in total. The van der Waals surface area contributed by atoms with Crippen LogP contribution in [0.3, 0.4) is 0 Å². The van der Waals surface area contributed by atoms with Crippen molar-refractivity contribution >= 4 is 17.6 Å². The molecule has 26 heavy (non-hydrogen) atoms. The van der Waals surface area contributed by atoms with Crippen LogP contribution in [0.15, 0.2) is 18.3 Å². The third kappa shape index (κ3) is 4.88. The molecule has 0 bridgehead atoms. The number of Topliss-reactive ketones (excluding diaryl/α,β-unsaturated/α-hetero) is 2. The highest BCUT2D eigenvalue weighted by molar-refractivity contribution is 6.04. The number of nitrogens with zero attached hydrogens (tertiary/aromatic N) is 1. The van der Waals surface area contributed by atoms with E-state index in [0.717, 1.165) is 30.5 Å². The monoisotopic (exact) mass is 357 g/mol. The molecule has 1 aliphatic rings. The van der Waals surface area contributed by atoms with Gasteiger partial charge in [0.05, 0.1) is 5.69 Å². The molecule has 0 saturated heterocycles. The first kappa shape index (κ1) is 20.5. The second kappa shape index (κ2) is 9.22. The van der Waals surface area contributed by atoms with Gasteiger partial charge >= 0.3 is 0 Å². The number of ketones is 2. The number of allylic oxidation sites excluding steroid dienone is 1. The van der Waals surface area contributed by atoms with Crippen LogP contribution in [0.5, 0.6) is 0 Å². The van der Waals surface area contributed by atoms with Gasteiger partial charge in [-0.25, -0.2) is 0 Å². The highest BCUT2D eigenvalue weighted by atomic mass is 16.3. The molecule has 0 spiro atoms. The quantitative estimate of drug-likeness (QED) is 0.659. The number of aliphatic hydroxyl groups is 1. The standard InChI is InChI=1S/C22H31NO3/c1-4-6-7-8-9-11-19(24)14-17-12-16-13-18(10-5-2)23-15-20(16)21(25)22(17,3)26/h5,10,13,15,17,26H,4,6-9,11-12,14H2,1-3H3/b10-5+/t17-,22-/m0/s1. The first-order valence-corrected chi connectivity index (χ1v) is 9.80. The molecule has 1 aromatic heterocycles. The lowest BCUT2D eigenvalue weighted by Gasteiger charge is -2.36. The van der Waals surface area contributed by atoms with E-state index < -0.39 is 5.60 Å². The Morgan fingerprint density at radius 1 is 1.35 bits per heavy atom. The number of hydrogen-bond donors (Lipinski definition) is 1. The molecule has 1 aliphatic carbocycles. The van der Waals surface area contributed by atoms with E-state index in [4.69, 9.17) is 0 Å². The normalized spacial score (nSPS) is 22.6. The highest BCUT2D eigenvalue weighted by Crippen LogP contribution is 2.36. The zero-order valence-electron chi connectivity index (χ0n) is 16.3. The Bertz CT molecular complexity index is 676. The van der Waals surface area contributed by atoms with E-state index in [0.29, 0.717) is 18.4 Å². The van der Waals surface area contributed by atoms with Crippen LogP contribution in [0.4, 0.5) is 0 Å². The molecule has 0 aromatic carbocycles. The molecule has 1 heterocycles. The van der Waals surface area contributed by atoms with Crippen molar-refractivity contribution in [1.82, 2.24) is 4.98 Å². The topological polar surface area (TPSA) is 67.3 Å². The number of fused-ring (bicyclic) bond motifs is 1. The molecule has 0 fully saturated rings. The van der Waals surface area contributed by atoms with E-state index in [1.54, 1.807) is 6.20 Å². The van der Waals surface area contributed by atoms with Gasteiger partial charge in [0.15, 0.2) is 5.78 Å². The maximum atomic E-state index is 12.7. The van der Waals surface area contributed by atoms with Gasteiger partial charge in [-0.15, -0.1) is 0 Å². The Labute approximate surface area is 156 Å². The first-order valence-electron chi connectivity index (χ1n) is 9.80. The van der Waals surface area contributed by atoms with E-state index in [-0.39, 0.29) is 23.9 Å². The summed E-state index contributed by atoms with van der Waals surface area (Å²) in [5, 5.41) is 10.8. The average molecular weight is 357 g/mol.